The van der Waals surface area contributed by atoms with Crippen LogP contribution in [0.1, 0.15) is 41.0 Å². The van der Waals surface area contributed by atoms with Crippen molar-refractivity contribution in [1.29, 1.82) is 0 Å². The fraction of sp³-hybridized carbons (Fsp3) is 0.667. The van der Waals surface area contributed by atoms with Gasteiger partial charge < -0.3 is 5.11 Å². The second-order valence-corrected chi connectivity index (χ2v) is 5.29. The summed E-state index contributed by atoms with van der Waals surface area (Å²) < 4.78 is 0. The van der Waals surface area contributed by atoms with Crippen LogP contribution in [0.4, 0.5) is 0 Å². The Kier molecular flexibility index (Phi) is 5.20. The highest BCUT2D eigenvalue weighted by Crippen LogP contribution is 2.22. The topological polar surface area (TPSA) is 20.2 Å². The lowest BCUT2D eigenvalue weighted by Crippen LogP contribution is -1.87. The minimum absolute atomic E-state index is 0.344. The van der Waals surface area contributed by atoms with E-state index in [1.54, 1.807) is 0 Å². The Morgan fingerprint density at radius 2 is 1.86 bits per heavy atom. The molecular formula is C12H20OS. The van der Waals surface area contributed by atoms with Crippen molar-refractivity contribution in [1.82, 2.24) is 0 Å². The first-order chi connectivity index (χ1) is 6.74. The van der Waals surface area contributed by atoms with Crippen molar-refractivity contribution < 1.29 is 5.11 Å². The van der Waals surface area contributed by atoms with E-state index in [0.29, 0.717) is 6.61 Å². The maximum atomic E-state index is 8.63. The van der Waals surface area contributed by atoms with E-state index >= 15 is 0 Å². The molecule has 1 aromatic heterocycles. The lowest BCUT2D eigenvalue weighted by atomic mass is 10.1. The SMILES string of the molecule is Cc1cc(CCCCCCO)c(C)s1. The van der Waals surface area contributed by atoms with Crippen LogP contribution in [0.5, 0.6) is 0 Å². The fourth-order valence-electron chi connectivity index (χ4n) is 1.71. The Hall–Kier alpha value is -0.340. The van der Waals surface area contributed by atoms with Crippen LogP contribution < -0.4 is 0 Å². The van der Waals surface area contributed by atoms with E-state index in [1.807, 2.05) is 11.3 Å². The molecule has 0 aliphatic heterocycles. The Balaban J connectivity index is 2.21. The van der Waals surface area contributed by atoms with Gasteiger partial charge in [0.05, 0.1) is 0 Å². The second-order valence-electron chi connectivity index (χ2n) is 3.83. The predicted molar refractivity (Wildman–Crippen MR) is 63.1 cm³/mol. The summed E-state index contributed by atoms with van der Waals surface area (Å²) in [5.41, 5.74) is 1.52. The van der Waals surface area contributed by atoms with Gasteiger partial charge in [-0.2, -0.15) is 0 Å². The Morgan fingerprint density at radius 3 is 2.43 bits per heavy atom. The molecule has 0 aromatic carbocycles. The van der Waals surface area contributed by atoms with E-state index < -0.39 is 0 Å². The molecule has 1 rings (SSSR count). The highest BCUT2D eigenvalue weighted by Gasteiger charge is 2.01. The van der Waals surface area contributed by atoms with Crippen molar-refractivity contribution in [2.24, 2.45) is 0 Å². The number of rotatable bonds is 6. The largest absolute Gasteiger partial charge is 0.396 e. The van der Waals surface area contributed by atoms with Crippen LogP contribution in [-0.4, -0.2) is 11.7 Å². The van der Waals surface area contributed by atoms with Crippen molar-refractivity contribution in [2.45, 2.75) is 46.0 Å². The van der Waals surface area contributed by atoms with Gasteiger partial charge in [-0.1, -0.05) is 12.8 Å². The van der Waals surface area contributed by atoms with E-state index in [4.69, 9.17) is 5.11 Å². The molecular weight excluding hydrogens is 192 g/mol. The van der Waals surface area contributed by atoms with E-state index in [-0.39, 0.29) is 0 Å². The van der Waals surface area contributed by atoms with Gasteiger partial charge in [0.25, 0.3) is 0 Å². The van der Waals surface area contributed by atoms with Crippen molar-refractivity contribution >= 4 is 11.3 Å². The van der Waals surface area contributed by atoms with E-state index in [1.165, 1.54) is 41.0 Å². The Labute approximate surface area is 90.8 Å². The van der Waals surface area contributed by atoms with Gasteiger partial charge in [-0.05, 0) is 44.7 Å². The fourth-order valence-corrected chi connectivity index (χ4v) is 2.69. The van der Waals surface area contributed by atoms with Gasteiger partial charge in [0.1, 0.15) is 0 Å². The summed E-state index contributed by atoms with van der Waals surface area (Å²) in [6, 6.07) is 2.31. The highest BCUT2D eigenvalue weighted by molar-refractivity contribution is 7.12. The van der Waals surface area contributed by atoms with Gasteiger partial charge in [0.15, 0.2) is 0 Å². The van der Waals surface area contributed by atoms with E-state index in [0.717, 1.165) is 6.42 Å². The molecule has 1 N–H and O–H groups in total. The molecule has 1 aromatic rings. The van der Waals surface area contributed by atoms with Crippen LogP contribution in [0.3, 0.4) is 0 Å². The molecule has 0 aliphatic carbocycles. The maximum Gasteiger partial charge on any atom is 0.0431 e. The van der Waals surface area contributed by atoms with Crippen LogP contribution in [-0.2, 0) is 6.42 Å². The minimum atomic E-state index is 0.344. The van der Waals surface area contributed by atoms with Crippen molar-refractivity contribution in [3.8, 4) is 0 Å². The van der Waals surface area contributed by atoms with Crippen molar-refractivity contribution in [3.63, 3.8) is 0 Å². The minimum Gasteiger partial charge on any atom is -0.396 e. The number of hydrogen-bond acceptors (Lipinski definition) is 2. The number of thiophene rings is 1. The molecule has 0 bridgehead atoms. The summed E-state index contributed by atoms with van der Waals surface area (Å²) in [4.78, 5) is 2.90. The molecule has 80 valence electrons. The van der Waals surface area contributed by atoms with Crippen molar-refractivity contribution in [2.75, 3.05) is 6.61 Å². The molecule has 0 fully saturated rings. The summed E-state index contributed by atoms with van der Waals surface area (Å²) in [5.74, 6) is 0. The number of aryl methyl sites for hydroxylation is 3. The first-order valence-corrected chi connectivity index (χ1v) is 6.22. The monoisotopic (exact) mass is 212 g/mol. The smallest absolute Gasteiger partial charge is 0.0431 e. The lowest BCUT2D eigenvalue weighted by Gasteiger charge is -1.99. The van der Waals surface area contributed by atoms with Gasteiger partial charge in [-0.25, -0.2) is 0 Å². The summed E-state index contributed by atoms with van der Waals surface area (Å²) >= 11 is 1.90. The molecule has 2 heteroatoms. The quantitative estimate of drug-likeness (QED) is 0.716. The van der Waals surface area contributed by atoms with E-state index in [2.05, 4.69) is 19.9 Å². The third kappa shape index (κ3) is 3.81. The summed E-state index contributed by atoms with van der Waals surface area (Å²) in [6.45, 7) is 4.73. The van der Waals surface area contributed by atoms with Crippen LogP contribution in [0.15, 0.2) is 6.07 Å². The van der Waals surface area contributed by atoms with E-state index in [9.17, 15) is 0 Å². The molecule has 0 aliphatic rings. The lowest BCUT2D eigenvalue weighted by molar-refractivity contribution is 0.282. The Bertz CT molecular complexity index is 265. The normalized spacial score (nSPS) is 10.8. The average Bonchev–Trinajstić information content (AvgIpc) is 2.45. The zero-order valence-electron chi connectivity index (χ0n) is 9.18. The molecule has 1 heterocycles. The number of aliphatic hydroxyl groups excluding tert-OH is 1. The Morgan fingerprint density at radius 1 is 1.14 bits per heavy atom. The van der Waals surface area contributed by atoms with Gasteiger partial charge in [0.2, 0.25) is 0 Å². The third-order valence-electron chi connectivity index (χ3n) is 2.50. The number of unbranched alkanes of at least 4 members (excludes halogenated alkanes) is 3. The molecule has 1 nitrogen and oxygen atoms in total. The molecule has 0 unspecified atom stereocenters. The first kappa shape index (κ1) is 11.7. The number of hydrogen-bond donors (Lipinski definition) is 1. The highest BCUT2D eigenvalue weighted by atomic mass is 32.1. The average molecular weight is 212 g/mol. The summed E-state index contributed by atoms with van der Waals surface area (Å²) in [5, 5.41) is 8.63. The van der Waals surface area contributed by atoms with Gasteiger partial charge >= 0.3 is 0 Å². The molecule has 14 heavy (non-hydrogen) atoms. The first-order valence-electron chi connectivity index (χ1n) is 5.41. The summed E-state index contributed by atoms with van der Waals surface area (Å²) in [7, 11) is 0. The standard InChI is InChI=1S/C12H20OS/c1-10-9-12(11(2)14-10)7-5-3-4-6-8-13/h9,13H,3-8H2,1-2H3. The molecule has 0 atom stereocenters. The molecule has 0 saturated heterocycles. The molecule has 0 spiro atoms. The van der Waals surface area contributed by atoms with Crippen LogP contribution in [0.2, 0.25) is 0 Å². The molecule has 0 amide bonds. The number of aliphatic hydroxyl groups is 1. The zero-order valence-corrected chi connectivity index (χ0v) is 9.99. The van der Waals surface area contributed by atoms with Gasteiger partial charge in [-0.3, -0.25) is 0 Å². The van der Waals surface area contributed by atoms with Crippen LogP contribution in [0, 0.1) is 13.8 Å². The molecule has 0 saturated carbocycles. The summed E-state index contributed by atoms with van der Waals surface area (Å²) in [6.07, 6.45) is 5.84. The third-order valence-corrected chi connectivity index (χ3v) is 3.51. The van der Waals surface area contributed by atoms with Crippen molar-refractivity contribution in [3.05, 3.63) is 21.4 Å². The predicted octanol–water partition coefficient (Wildman–Crippen LogP) is 3.46. The van der Waals surface area contributed by atoms with Crippen LogP contribution in [0.25, 0.3) is 0 Å². The second kappa shape index (κ2) is 6.20. The molecule has 0 radical (unpaired) electrons. The zero-order chi connectivity index (χ0) is 10.4. The van der Waals surface area contributed by atoms with Crippen LogP contribution >= 0.6 is 11.3 Å². The maximum absolute atomic E-state index is 8.63. The van der Waals surface area contributed by atoms with Gasteiger partial charge in [0, 0.05) is 16.4 Å². The van der Waals surface area contributed by atoms with Gasteiger partial charge in [-0.15, -0.1) is 11.3 Å².